The van der Waals surface area contributed by atoms with Crippen LogP contribution in [0.4, 0.5) is 0 Å². The van der Waals surface area contributed by atoms with E-state index >= 15 is 0 Å². The molecule has 0 saturated heterocycles. The molecule has 0 fully saturated rings. The number of aryl methyl sites for hydroxylation is 1. The van der Waals surface area contributed by atoms with Crippen LogP contribution in [0.3, 0.4) is 0 Å². The Hall–Kier alpha value is -2.29. The van der Waals surface area contributed by atoms with Crippen molar-refractivity contribution in [2.45, 2.75) is 32.8 Å². The Morgan fingerprint density at radius 2 is 1.82 bits per heavy atom. The molecule has 1 N–H and O–H groups in total. The number of ether oxygens (including phenoxy) is 1. The van der Waals surface area contributed by atoms with Crippen molar-refractivity contribution >= 4 is 5.91 Å². The molecular weight excluding hydrogens is 274 g/mol. The van der Waals surface area contributed by atoms with Crippen molar-refractivity contribution in [3.63, 3.8) is 0 Å². The lowest BCUT2D eigenvalue weighted by Crippen LogP contribution is -2.38. The highest BCUT2D eigenvalue weighted by molar-refractivity contribution is 5.80. The zero-order chi connectivity index (χ0) is 15.9. The number of rotatable bonds is 6. The fourth-order valence-corrected chi connectivity index (χ4v) is 2.24. The van der Waals surface area contributed by atoms with Crippen molar-refractivity contribution in [1.82, 2.24) is 5.32 Å². The Labute approximate surface area is 132 Å². The van der Waals surface area contributed by atoms with Crippen molar-refractivity contribution in [3.05, 3.63) is 65.7 Å². The Morgan fingerprint density at radius 3 is 2.50 bits per heavy atom. The van der Waals surface area contributed by atoms with Crippen LogP contribution in [0, 0.1) is 6.92 Å². The lowest BCUT2D eigenvalue weighted by Gasteiger charge is -2.17. The van der Waals surface area contributed by atoms with Crippen LogP contribution in [-0.2, 0) is 4.79 Å². The first-order chi connectivity index (χ1) is 10.6. The number of carbonyl (C=O) groups is 1. The maximum Gasteiger partial charge on any atom is 0.260 e. The summed E-state index contributed by atoms with van der Waals surface area (Å²) in [4.78, 5) is 12.1. The normalized spacial score (nSPS) is 13.2. The molecule has 2 atom stereocenters. The first-order valence-corrected chi connectivity index (χ1v) is 7.62. The van der Waals surface area contributed by atoms with Gasteiger partial charge >= 0.3 is 0 Å². The largest absolute Gasteiger partial charge is 0.481 e. The molecule has 0 bridgehead atoms. The highest BCUT2D eigenvalue weighted by atomic mass is 16.5. The fraction of sp³-hybridized carbons (Fsp3) is 0.316. The van der Waals surface area contributed by atoms with Gasteiger partial charge in [0.1, 0.15) is 5.75 Å². The monoisotopic (exact) mass is 297 g/mol. The van der Waals surface area contributed by atoms with Crippen LogP contribution < -0.4 is 10.1 Å². The molecule has 0 saturated carbocycles. The van der Waals surface area contributed by atoms with E-state index in [1.807, 2.05) is 49.4 Å². The summed E-state index contributed by atoms with van der Waals surface area (Å²) >= 11 is 0. The van der Waals surface area contributed by atoms with Crippen molar-refractivity contribution < 1.29 is 9.53 Å². The van der Waals surface area contributed by atoms with E-state index in [-0.39, 0.29) is 11.8 Å². The van der Waals surface area contributed by atoms with Gasteiger partial charge in [0.25, 0.3) is 5.91 Å². The second-order valence-electron chi connectivity index (χ2n) is 5.63. The maximum atomic E-state index is 12.1. The van der Waals surface area contributed by atoms with Gasteiger partial charge in [-0.05, 0) is 43.0 Å². The number of nitrogens with one attached hydrogen (secondary N) is 1. The molecule has 0 aliphatic carbocycles. The van der Waals surface area contributed by atoms with Crippen LogP contribution in [-0.4, -0.2) is 18.6 Å². The van der Waals surface area contributed by atoms with Crippen LogP contribution in [0.15, 0.2) is 54.6 Å². The van der Waals surface area contributed by atoms with Crippen LogP contribution >= 0.6 is 0 Å². The fourth-order valence-electron chi connectivity index (χ4n) is 2.24. The highest BCUT2D eigenvalue weighted by Gasteiger charge is 2.15. The van der Waals surface area contributed by atoms with Gasteiger partial charge in [0.05, 0.1) is 0 Å². The number of carbonyl (C=O) groups excluding carboxylic acids is 1. The van der Waals surface area contributed by atoms with Crippen LogP contribution in [0.1, 0.15) is 30.9 Å². The third kappa shape index (κ3) is 4.62. The second kappa shape index (κ2) is 7.64. The lowest BCUT2D eigenvalue weighted by atomic mass is 10.0. The van der Waals surface area contributed by atoms with Crippen LogP contribution in [0.2, 0.25) is 0 Å². The third-order valence-electron chi connectivity index (χ3n) is 3.62. The SMILES string of the molecule is Cc1cccc(O[C@@H](C)C(=O)NC[C@H](C)c2ccccc2)c1. The van der Waals surface area contributed by atoms with Gasteiger partial charge in [-0.25, -0.2) is 0 Å². The molecule has 0 spiro atoms. The van der Waals surface area contributed by atoms with Crippen molar-refractivity contribution in [3.8, 4) is 5.75 Å². The number of hydrogen-bond donors (Lipinski definition) is 1. The summed E-state index contributed by atoms with van der Waals surface area (Å²) in [7, 11) is 0. The zero-order valence-electron chi connectivity index (χ0n) is 13.4. The van der Waals surface area contributed by atoms with Gasteiger partial charge in [-0.1, -0.05) is 49.4 Å². The predicted molar refractivity (Wildman–Crippen MR) is 89.1 cm³/mol. The van der Waals surface area contributed by atoms with Crippen molar-refractivity contribution in [2.24, 2.45) is 0 Å². The first-order valence-electron chi connectivity index (χ1n) is 7.62. The molecule has 0 aliphatic rings. The molecule has 0 heterocycles. The van der Waals surface area contributed by atoms with Gasteiger partial charge in [0.15, 0.2) is 6.10 Å². The first kappa shape index (κ1) is 16.1. The number of hydrogen-bond acceptors (Lipinski definition) is 2. The van der Waals surface area contributed by atoms with E-state index < -0.39 is 6.10 Å². The maximum absolute atomic E-state index is 12.1. The molecule has 1 amide bonds. The molecular formula is C19H23NO2. The van der Waals surface area contributed by atoms with Gasteiger partial charge in [-0.3, -0.25) is 4.79 Å². The number of benzene rings is 2. The summed E-state index contributed by atoms with van der Waals surface area (Å²) in [5.41, 5.74) is 2.33. The standard InChI is InChI=1S/C19H23NO2/c1-14-8-7-11-18(12-14)22-16(3)19(21)20-13-15(2)17-9-5-4-6-10-17/h4-12,15-16H,13H2,1-3H3,(H,20,21)/t15-,16-/m0/s1. The van der Waals surface area contributed by atoms with Crippen molar-refractivity contribution in [2.75, 3.05) is 6.54 Å². The molecule has 0 aliphatic heterocycles. The summed E-state index contributed by atoms with van der Waals surface area (Å²) in [5, 5.41) is 2.95. The summed E-state index contributed by atoms with van der Waals surface area (Å²) < 4.78 is 5.68. The smallest absolute Gasteiger partial charge is 0.260 e. The van der Waals surface area contributed by atoms with E-state index in [1.54, 1.807) is 6.92 Å². The minimum Gasteiger partial charge on any atom is -0.481 e. The molecule has 2 aromatic rings. The predicted octanol–water partition coefficient (Wildman–Crippen LogP) is 3.68. The molecule has 0 aromatic heterocycles. The molecule has 0 radical (unpaired) electrons. The van der Waals surface area contributed by atoms with E-state index in [1.165, 1.54) is 5.56 Å². The molecule has 0 unspecified atom stereocenters. The summed E-state index contributed by atoms with van der Waals surface area (Å²) in [6.45, 7) is 6.47. The Morgan fingerprint density at radius 1 is 1.09 bits per heavy atom. The zero-order valence-corrected chi connectivity index (χ0v) is 13.4. The molecule has 3 heteroatoms. The van der Waals surface area contributed by atoms with Crippen LogP contribution in [0.5, 0.6) is 5.75 Å². The van der Waals surface area contributed by atoms with Gasteiger partial charge < -0.3 is 10.1 Å². The van der Waals surface area contributed by atoms with E-state index in [2.05, 4.69) is 24.4 Å². The quantitative estimate of drug-likeness (QED) is 0.883. The van der Waals surface area contributed by atoms with Crippen LogP contribution in [0.25, 0.3) is 0 Å². The van der Waals surface area contributed by atoms with Gasteiger partial charge in [-0.15, -0.1) is 0 Å². The van der Waals surface area contributed by atoms with Gasteiger partial charge in [-0.2, -0.15) is 0 Å². The van der Waals surface area contributed by atoms with E-state index in [0.717, 1.165) is 11.3 Å². The minimum atomic E-state index is -0.509. The Bertz CT molecular complexity index is 610. The summed E-state index contributed by atoms with van der Waals surface area (Å²) in [6, 6.07) is 17.9. The second-order valence-corrected chi connectivity index (χ2v) is 5.63. The molecule has 3 nitrogen and oxygen atoms in total. The minimum absolute atomic E-state index is 0.0933. The number of amides is 1. The van der Waals surface area contributed by atoms with E-state index in [9.17, 15) is 4.79 Å². The molecule has 2 rings (SSSR count). The van der Waals surface area contributed by atoms with Crippen molar-refractivity contribution in [1.29, 1.82) is 0 Å². The summed E-state index contributed by atoms with van der Waals surface area (Å²) in [6.07, 6.45) is -0.509. The van der Waals surface area contributed by atoms with E-state index in [0.29, 0.717) is 6.54 Å². The van der Waals surface area contributed by atoms with Gasteiger partial charge in [0.2, 0.25) is 0 Å². The molecule has 116 valence electrons. The highest BCUT2D eigenvalue weighted by Crippen LogP contribution is 2.15. The molecule has 2 aromatic carbocycles. The third-order valence-corrected chi connectivity index (χ3v) is 3.62. The topological polar surface area (TPSA) is 38.3 Å². The molecule has 22 heavy (non-hydrogen) atoms. The summed E-state index contributed by atoms with van der Waals surface area (Å²) in [5.74, 6) is 0.902. The Balaban J connectivity index is 1.84. The Kier molecular flexibility index (Phi) is 5.59. The van der Waals surface area contributed by atoms with Gasteiger partial charge in [0, 0.05) is 6.54 Å². The lowest BCUT2D eigenvalue weighted by molar-refractivity contribution is -0.127. The van der Waals surface area contributed by atoms with E-state index in [4.69, 9.17) is 4.74 Å². The average molecular weight is 297 g/mol. The average Bonchev–Trinajstić information content (AvgIpc) is 2.53.